The molecular weight excluding hydrogens is 232 g/mol. The van der Waals surface area contributed by atoms with E-state index >= 15 is 0 Å². The van der Waals surface area contributed by atoms with Crippen LogP contribution in [0.5, 0.6) is 11.5 Å². The predicted molar refractivity (Wildman–Crippen MR) is 67.8 cm³/mol. The van der Waals surface area contributed by atoms with Crippen molar-refractivity contribution in [2.45, 2.75) is 6.42 Å². The Labute approximate surface area is 106 Å². The average Bonchev–Trinajstić information content (AvgIpc) is 2.87. The van der Waals surface area contributed by atoms with Gasteiger partial charge < -0.3 is 19.6 Å². The summed E-state index contributed by atoms with van der Waals surface area (Å²) in [4.78, 5) is 4.16. The highest BCUT2D eigenvalue weighted by Crippen LogP contribution is 2.32. The molecule has 1 aromatic carbocycles. The second kappa shape index (κ2) is 5.55. The van der Waals surface area contributed by atoms with Gasteiger partial charge in [0.15, 0.2) is 23.1 Å². The maximum Gasteiger partial charge on any atom is 0.196 e. The van der Waals surface area contributed by atoms with Crippen LogP contribution in [0.15, 0.2) is 28.8 Å². The first kappa shape index (κ1) is 12.4. The Balaban J connectivity index is 2.31. The number of benzene rings is 1. The van der Waals surface area contributed by atoms with Gasteiger partial charge in [0, 0.05) is 18.5 Å². The van der Waals surface area contributed by atoms with Crippen molar-refractivity contribution in [2.75, 3.05) is 20.8 Å². The zero-order valence-corrected chi connectivity index (χ0v) is 10.5. The lowest BCUT2D eigenvalue weighted by molar-refractivity contribution is 0.355. The van der Waals surface area contributed by atoms with Crippen LogP contribution in [0.4, 0.5) is 0 Å². The number of hydrogen-bond donors (Lipinski definition) is 1. The van der Waals surface area contributed by atoms with Crippen LogP contribution in [-0.4, -0.2) is 25.7 Å². The molecule has 1 aromatic heterocycles. The fourth-order valence-electron chi connectivity index (χ4n) is 1.67. The van der Waals surface area contributed by atoms with Crippen molar-refractivity contribution in [1.29, 1.82) is 0 Å². The van der Waals surface area contributed by atoms with Crippen molar-refractivity contribution in [1.82, 2.24) is 4.98 Å². The molecule has 96 valence electrons. The number of aromatic nitrogens is 1. The molecule has 2 aromatic rings. The van der Waals surface area contributed by atoms with Crippen LogP contribution in [0.2, 0.25) is 0 Å². The van der Waals surface area contributed by atoms with Crippen molar-refractivity contribution >= 4 is 0 Å². The lowest BCUT2D eigenvalue weighted by atomic mass is 10.1. The molecule has 0 aliphatic heterocycles. The smallest absolute Gasteiger partial charge is 0.196 e. The highest BCUT2D eigenvalue weighted by atomic mass is 16.5. The van der Waals surface area contributed by atoms with Gasteiger partial charge in [0.2, 0.25) is 0 Å². The number of ether oxygens (including phenoxy) is 2. The van der Waals surface area contributed by atoms with E-state index in [9.17, 15) is 0 Å². The summed E-state index contributed by atoms with van der Waals surface area (Å²) < 4.78 is 16.0. The lowest BCUT2D eigenvalue weighted by Gasteiger charge is -2.08. The SMILES string of the molecule is COc1ccc(-c2cnc(CCN)o2)cc1OC. The number of nitrogens with zero attached hydrogens (tertiary/aromatic N) is 1. The quantitative estimate of drug-likeness (QED) is 0.874. The van der Waals surface area contributed by atoms with E-state index in [1.54, 1.807) is 20.4 Å². The minimum atomic E-state index is 0.520. The average molecular weight is 248 g/mol. The molecule has 0 amide bonds. The Hall–Kier alpha value is -2.01. The van der Waals surface area contributed by atoms with E-state index in [1.807, 2.05) is 18.2 Å². The van der Waals surface area contributed by atoms with E-state index < -0.39 is 0 Å². The summed E-state index contributed by atoms with van der Waals surface area (Å²) in [6, 6.07) is 5.58. The maximum absolute atomic E-state index is 5.60. The van der Waals surface area contributed by atoms with E-state index in [-0.39, 0.29) is 0 Å². The molecule has 0 saturated heterocycles. The first-order valence-corrected chi connectivity index (χ1v) is 5.65. The van der Waals surface area contributed by atoms with Crippen LogP contribution in [0.1, 0.15) is 5.89 Å². The molecule has 0 fully saturated rings. The van der Waals surface area contributed by atoms with E-state index in [0.29, 0.717) is 36.1 Å². The van der Waals surface area contributed by atoms with Crippen molar-refractivity contribution in [2.24, 2.45) is 5.73 Å². The second-order valence-electron chi connectivity index (χ2n) is 3.73. The number of oxazole rings is 1. The number of hydrogen-bond acceptors (Lipinski definition) is 5. The zero-order valence-electron chi connectivity index (χ0n) is 10.5. The van der Waals surface area contributed by atoms with Gasteiger partial charge in [-0.25, -0.2) is 4.98 Å². The van der Waals surface area contributed by atoms with E-state index in [0.717, 1.165) is 5.56 Å². The number of nitrogens with two attached hydrogens (primary N) is 1. The van der Waals surface area contributed by atoms with Crippen LogP contribution >= 0.6 is 0 Å². The van der Waals surface area contributed by atoms with E-state index in [1.165, 1.54) is 0 Å². The largest absolute Gasteiger partial charge is 0.493 e. The fraction of sp³-hybridized carbons (Fsp3) is 0.308. The summed E-state index contributed by atoms with van der Waals surface area (Å²) in [6.45, 7) is 0.520. The van der Waals surface area contributed by atoms with Gasteiger partial charge in [0.1, 0.15) is 0 Å². The molecule has 0 spiro atoms. The van der Waals surface area contributed by atoms with Gasteiger partial charge >= 0.3 is 0 Å². The topological polar surface area (TPSA) is 70.5 Å². The van der Waals surface area contributed by atoms with Crippen molar-refractivity contribution < 1.29 is 13.9 Å². The molecule has 0 bridgehead atoms. The minimum Gasteiger partial charge on any atom is -0.493 e. The molecule has 1 heterocycles. The molecule has 0 unspecified atom stereocenters. The third-order valence-electron chi connectivity index (χ3n) is 2.58. The summed E-state index contributed by atoms with van der Waals surface area (Å²) in [5.74, 6) is 2.68. The van der Waals surface area contributed by atoms with Gasteiger partial charge in [-0.15, -0.1) is 0 Å². The number of rotatable bonds is 5. The first-order chi connectivity index (χ1) is 8.78. The minimum absolute atomic E-state index is 0.520. The molecule has 0 atom stereocenters. The highest BCUT2D eigenvalue weighted by molar-refractivity contribution is 5.62. The van der Waals surface area contributed by atoms with Crippen LogP contribution in [-0.2, 0) is 6.42 Å². The molecule has 2 N–H and O–H groups in total. The molecule has 5 nitrogen and oxygen atoms in total. The molecule has 0 saturated carbocycles. The first-order valence-electron chi connectivity index (χ1n) is 5.65. The molecule has 0 radical (unpaired) electrons. The van der Waals surface area contributed by atoms with Gasteiger partial charge in [-0.2, -0.15) is 0 Å². The van der Waals surface area contributed by atoms with Crippen molar-refractivity contribution in [3.63, 3.8) is 0 Å². The molecule has 2 rings (SSSR count). The monoisotopic (exact) mass is 248 g/mol. The second-order valence-corrected chi connectivity index (χ2v) is 3.73. The summed E-state index contributed by atoms with van der Waals surface area (Å²) in [6.07, 6.45) is 2.32. The molecular formula is C13H16N2O3. The van der Waals surface area contributed by atoms with Gasteiger partial charge in [-0.1, -0.05) is 0 Å². The Morgan fingerprint density at radius 2 is 2.00 bits per heavy atom. The Bertz CT molecular complexity index is 523. The summed E-state index contributed by atoms with van der Waals surface area (Å²) in [5.41, 5.74) is 6.35. The normalized spacial score (nSPS) is 10.4. The predicted octanol–water partition coefficient (Wildman–Crippen LogP) is 1.86. The zero-order chi connectivity index (χ0) is 13.0. The van der Waals surface area contributed by atoms with Gasteiger partial charge in [0.25, 0.3) is 0 Å². The standard InChI is InChI=1S/C13H16N2O3/c1-16-10-4-3-9(7-11(10)17-2)12-8-15-13(18-12)5-6-14/h3-4,7-8H,5-6,14H2,1-2H3. The molecule has 18 heavy (non-hydrogen) atoms. The van der Waals surface area contributed by atoms with E-state index in [4.69, 9.17) is 19.6 Å². The summed E-state index contributed by atoms with van der Waals surface area (Å²) in [5, 5.41) is 0. The van der Waals surface area contributed by atoms with Gasteiger partial charge in [0.05, 0.1) is 20.4 Å². The van der Waals surface area contributed by atoms with Crippen LogP contribution in [0.25, 0.3) is 11.3 Å². The molecule has 0 aliphatic rings. The molecule has 0 aliphatic carbocycles. The van der Waals surface area contributed by atoms with Crippen molar-refractivity contribution in [3.8, 4) is 22.8 Å². The van der Waals surface area contributed by atoms with Crippen LogP contribution < -0.4 is 15.2 Å². The summed E-state index contributed by atoms with van der Waals surface area (Å²) >= 11 is 0. The van der Waals surface area contributed by atoms with E-state index in [2.05, 4.69) is 4.98 Å². The third kappa shape index (κ3) is 2.46. The fourth-order valence-corrected chi connectivity index (χ4v) is 1.67. The Morgan fingerprint density at radius 3 is 2.67 bits per heavy atom. The van der Waals surface area contributed by atoms with Crippen molar-refractivity contribution in [3.05, 3.63) is 30.3 Å². The number of methoxy groups -OCH3 is 2. The molecule has 5 heteroatoms. The Kier molecular flexibility index (Phi) is 3.84. The third-order valence-corrected chi connectivity index (χ3v) is 2.58. The Morgan fingerprint density at radius 1 is 1.22 bits per heavy atom. The van der Waals surface area contributed by atoms with Crippen LogP contribution in [0, 0.1) is 0 Å². The van der Waals surface area contributed by atoms with Gasteiger partial charge in [-0.3, -0.25) is 0 Å². The van der Waals surface area contributed by atoms with Crippen LogP contribution in [0.3, 0.4) is 0 Å². The highest BCUT2D eigenvalue weighted by Gasteiger charge is 2.10. The lowest BCUT2D eigenvalue weighted by Crippen LogP contribution is -2.02. The maximum atomic E-state index is 5.60. The summed E-state index contributed by atoms with van der Waals surface area (Å²) in [7, 11) is 3.20. The van der Waals surface area contributed by atoms with Gasteiger partial charge in [-0.05, 0) is 18.2 Å².